The van der Waals surface area contributed by atoms with Gasteiger partial charge in [-0.05, 0) is 50.4 Å². The Kier molecular flexibility index (Phi) is 4.91. The number of nitrogens with zero attached hydrogens (tertiary/aromatic N) is 2. The number of amides is 1. The Hall–Kier alpha value is -1.42. The number of pyridine rings is 1. The Morgan fingerprint density at radius 2 is 2.21 bits per heavy atom. The molecule has 1 fully saturated rings. The molecule has 2 heterocycles. The highest BCUT2D eigenvalue weighted by Crippen LogP contribution is 2.18. The zero-order valence-electron chi connectivity index (χ0n) is 11.8. The van der Waals surface area contributed by atoms with Crippen LogP contribution in [0.1, 0.15) is 25.3 Å². The van der Waals surface area contributed by atoms with Crippen LogP contribution >= 0.6 is 0 Å². The second-order valence-electron chi connectivity index (χ2n) is 5.44. The van der Waals surface area contributed by atoms with E-state index in [1.54, 1.807) is 12.4 Å². The van der Waals surface area contributed by atoms with Crippen LogP contribution in [0.5, 0.6) is 0 Å². The predicted octanol–water partition coefficient (Wildman–Crippen LogP) is 1.47. The van der Waals surface area contributed by atoms with Gasteiger partial charge in [0.15, 0.2) is 0 Å². The summed E-state index contributed by atoms with van der Waals surface area (Å²) in [5.41, 5.74) is 1.23. The van der Waals surface area contributed by atoms with E-state index < -0.39 is 0 Å². The maximum Gasteiger partial charge on any atom is 0.225 e. The lowest BCUT2D eigenvalue weighted by Crippen LogP contribution is -2.43. The van der Waals surface area contributed by atoms with E-state index in [1.807, 2.05) is 24.1 Å². The van der Waals surface area contributed by atoms with Gasteiger partial charge in [0.1, 0.15) is 0 Å². The van der Waals surface area contributed by atoms with E-state index in [0.29, 0.717) is 11.9 Å². The van der Waals surface area contributed by atoms with Gasteiger partial charge in [-0.15, -0.1) is 0 Å². The third-order valence-electron chi connectivity index (χ3n) is 3.83. The maximum atomic E-state index is 12.4. The minimum Gasteiger partial charge on any atom is -0.345 e. The number of carbonyl (C=O) groups excluding carboxylic acids is 1. The summed E-state index contributed by atoms with van der Waals surface area (Å²) in [6, 6.07) is 4.46. The average molecular weight is 261 g/mol. The van der Waals surface area contributed by atoms with E-state index in [0.717, 1.165) is 32.4 Å². The molecule has 1 aliphatic rings. The summed E-state index contributed by atoms with van der Waals surface area (Å²) >= 11 is 0. The second-order valence-corrected chi connectivity index (χ2v) is 5.44. The third kappa shape index (κ3) is 4.03. The second kappa shape index (κ2) is 6.66. The van der Waals surface area contributed by atoms with Crippen molar-refractivity contribution in [2.24, 2.45) is 5.92 Å². The number of carbonyl (C=O) groups is 1. The van der Waals surface area contributed by atoms with E-state index in [9.17, 15) is 4.79 Å². The number of nitrogens with one attached hydrogen (secondary N) is 1. The molecule has 4 nitrogen and oxygen atoms in total. The molecule has 19 heavy (non-hydrogen) atoms. The van der Waals surface area contributed by atoms with Crippen LogP contribution in [-0.4, -0.2) is 42.0 Å². The number of rotatable bonds is 4. The van der Waals surface area contributed by atoms with Crippen molar-refractivity contribution in [3.63, 3.8) is 0 Å². The van der Waals surface area contributed by atoms with E-state index in [4.69, 9.17) is 0 Å². The van der Waals surface area contributed by atoms with Gasteiger partial charge in [-0.25, -0.2) is 0 Å². The minimum absolute atomic E-state index is 0.193. The number of aromatic nitrogens is 1. The predicted molar refractivity (Wildman–Crippen MR) is 75.8 cm³/mol. The summed E-state index contributed by atoms with van der Waals surface area (Å²) in [6.45, 7) is 3.88. The number of hydrogen-bond acceptors (Lipinski definition) is 3. The van der Waals surface area contributed by atoms with E-state index in [1.165, 1.54) is 5.56 Å². The standard InChI is InChI=1S/C15H23N3O/c1-12-11-14(5-9-17-12)15(19)18(2)10-6-13-3-7-16-8-4-13/h3-4,7-8,12,14,17H,5-6,9-11H2,1-2H3. The van der Waals surface area contributed by atoms with Gasteiger partial charge in [-0.1, -0.05) is 0 Å². The fraction of sp³-hybridized carbons (Fsp3) is 0.600. The van der Waals surface area contributed by atoms with Crippen molar-refractivity contribution in [1.82, 2.24) is 15.2 Å². The van der Waals surface area contributed by atoms with Crippen molar-refractivity contribution in [2.75, 3.05) is 20.1 Å². The molecule has 1 saturated heterocycles. The highest BCUT2D eigenvalue weighted by Gasteiger charge is 2.26. The summed E-state index contributed by atoms with van der Waals surface area (Å²) < 4.78 is 0. The van der Waals surface area contributed by atoms with Crippen LogP contribution in [0.4, 0.5) is 0 Å². The van der Waals surface area contributed by atoms with E-state index in [-0.39, 0.29) is 5.92 Å². The highest BCUT2D eigenvalue weighted by molar-refractivity contribution is 5.78. The first-order valence-corrected chi connectivity index (χ1v) is 7.04. The summed E-state index contributed by atoms with van der Waals surface area (Å²) in [4.78, 5) is 18.2. The molecule has 1 aromatic heterocycles. The number of piperidine rings is 1. The lowest BCUT2D eigenvalue weighted by atomic mass is 9.92. The van der Waals surface area contributed by atoms with Crippen molar-refractivity contribution in [1.29, 1.82) is 0 Å². The Bertz CT molecular complexity index is 407. The molecule has 0 spiro atoms. The zero-order valence-corrected chi connectivity index (χ0v) is 11.8. The van der Waals surface area contributed by atoms with Gasteiger partial charge in [0.05, 0.1) is 0 Å². The Morgan fingerprint density at radius 3 is 2.89 bits per heavy atom. The van der Waals surface area contributed by atoms with Gasteiger partial charge < -0.3 is 10.2 Å². The first-order chi connectivity index (χ1) is 9.16. The van der Waals surface area contributed by atoms with Gasteiger partial charge in [0.2, 0.25) is 5.91 Å². The minimum atomic E-state index is 0.193. The molecule has 4 heteroatoms. The Morgan fingerprint density at radius 1 is 1.47 bits per heavy atom. The normalized spacial score (nSPS) is 23.1. The highest BCUT2D eigenvalue weighted by atomic mass is 16.2. The largest absolute Gasteiger partial charge is 0.345 e. The van der Waals surface area contributed by atoms with Gasteiger partial charge in [0, 0.05) is 37.9 Å². The first-order valence-electron chi connectivity index (χ1n) is 7.04. The molecule has 0 saturated carbocycles. The van der Waals surface area contributed by atoms with Crippen molar-refractivity contribution in [3.8, 4) is 0 Å². The van der Waals surface area contributed by atoms with E-state index >= 15 is 0 Å². The summed E-state index contributed by atoms with van der Waals surface area (Å²) in [5.74, 6) is 0.487. The van der Waals surface area contributed by atoms with Crippen molar-refractivity contribution < 1.29 is 4.79 Å². The van der Waals surface area contributed by atoms with Crippen LogP contribution in [0.2, 0.25) is 0 Å². The SMILES string of the molecule is CC1CC(C(=O)N(C)CCc2ccncc2)CCN1. The van der Waals surface area contributed by atoms with Crippen molar-refractivity contribution in [2.45, 2.75) is 32.2 Å². The molecular formula is C15H23N3O. The van der Waals surface area contributed by atoms with Crippen LogP contribution < -0.4 is 5.32 Å². The van der Waals surface area contributed by atoms with Gasteiger partial charge in [0.25, 0.3) is 0 Å². The molecule has 0 bridgehead atoms. The molecule has 0 aliphatic carbocycles. The molecule has 1 aromatic rings. The number of likely N-dealkylation sites (N-methyl/N-ethyl adjacent to an activating group) is 1. The third-order valence-corrected chi connectivity index (χ3v) is 3.83. The molecule has 1 N–H and O–H groups in total. The molecule has 0 aromatic carbocycles. The maximum absolute atomic E-state index is 12.4. The summed E-state index contributed by atoms with van der Waals surface area (Å²) in [5, 5.41) is 3.39. The zero-order chi connectivity index (χ0) is 13.7. The van der Waals surface area contributed by atoms with Crippen LogP contribution in [-0.2, 0) is 11.2 Å². The van der Waals surface area contributed by atoms with Crippen LogP contribution in [0.15, 0.2) is 24.5 Å². The Balaban J connectivity index is 1.82. The van der Waals surface area contributed by atoms with E-state index in [2.05, 4.69) is 17.2 Å². The fourth-order valence-electron chi connectivity index (χ4n) is 2.62. The lowest BCUT2D eigenvalue weighted by molar-refractivity contribution is -0.135. The average Bonchev–Trinajstić information content (AvgIpc) is 2.45. The van der Waals surface area contributed by atoms with Crippen molar-refractivity contribution >= 4 is 5.91 Å². The van der Waals surface area contributed by atoms with Crippen molar-refractivity contribution in [3.05, 3.63) is 30.1 Å². The van der Waals surface area contributed by atoms with Gasteiger partial charge >= 0.3 is 0 Å². The molecule has 1 aliphatic heterocycles. The summed E-state index contributed by atoms with van der Waals surface area (Å²) in [6.07, 6.45) is 6.41. The Labute approximate surface area is 115 Å². The lowest BCUT2D eigenvalue weighted by Gasteiger charge is -2.30. The molecule has 2 atom stereocenters. The van der Waals surface area contributed by atoms with Crippen LogP contribution in [0, 0.1) is 5.92 Å². The topological polar surface area (TPSA) is 45.2 Å². The monoisotopic (exact) mass is 261 g/mol. The molecule has 1 amide bonds. The van der Waals surface area contributed by atoms with Gasteiger partial charge in [-0.2, -0.15) is 0 Å². The number of hydrogen-bond donors (Lipinski definition) is 1. The molecule has 104 valence electrons. The molecule has 2 unspecified atom stereocenters. The summed E-state index contributed by atoms with van der Waals surface area (Å²) in [7, 11) is 1.91. The fourth-order valence-corrected chi connectivity index (χ4v) is 2.62. The molecule has 0 radical (unpaired) electrons. The van der Waals surface area contributed by atoms with Gasteiger partial charge in [-0.3, -0.25) is 9.78 Å². The quantitative estimate of drug-likeness (QED) is 0.892. The smallest absolute Gasteiger partial charge is 0.225 e. The van der Waals surface area contributed by atoms with Crippen LogP contribution in [0.25, 0.3) is 0 Å². The molecule has 2 rings (SSSR count). The first kappa shape index (κ1) is 14.0. The van der Waals surface area contributed by atoms with Crippen LogP contribution in [0.3, 0.4) is 0 Å². The molecular weight excluding hydrogens is 238 g/mol.